The van der Waals surface area contributed by atoms with Crippen molar-refractivity contribution in [1.82, 2.24) is 24.7 Å². The molecule has 0 aromatic carbocycles. The SMILES string of the molecule is CC(C)OC(=O)C1=CN(C(=O)N2CCCN(C)CC2)CC(C)(C)c2c1[nH]c1ncccc21. The van der Waals surface area contributed by atoms with Crippen molar-refractivity contribution in [2.45, 2.75) is 45.6 Å². The van der Waals surface area contributed by atoms with Gasteiger partial charge in [0.2, 0.25) is 0 Å². The van der Waals surface area contributed by atoms with E-state index in [4.69, 9.17) is 4.74 Å². The highest BCUT2D eigenvalue weighted by molar-refractivity contribution is 6.18. The number of carbonyl (C=O) groups is 2. The predicted octanol–water partition coefficient (Wildman–Crippen LogP) is 3.21. The van der Waals surface area contributed by atoms with Gasteiger partial charge in [0.25, 0.3) is 0 Å². The standard InChI is InChI=1S/C24H33N5O3/c1-16(2)32-22(30)18-14-29(23(31)28-11-7-10-27(5)12-13-28)15-24(3,4)19-17-8-6-9-25-21(17)26-20(18)19/h6,8-9,14,16H,7,10-13,15H2,1-5H3,(H,25,26). The molecule has 1 fully saturated rings. The summed E-state index contributed by atoms with van der Waals surface area (Å²) in [6.45, 7) is 11.5. The van der Waals surface area contributed by atoms with Gasteiger partial charge in [0.15, 0.2) is 0 Å². The predicted molar refractivity (Wildman–Crippen MR) is 124 cm³/mol. The largest absolute Gasteiger partial charge is 0.459 e. The summed E-state index contributed by atoms with van der Waals surface area (Å²) in [7, 11) is 2.08. The minimum atomic E-state index is -0.445. The van der Waals surface area contributed by atoms with Crippen LogP contribution in [0.4, 0.5) is 4.79 Å². The number of nitrogens with zero attached hydrogens (tertiary/aromatic N) is 4. The lowest BCUT2D eigenvalue weighted by Crippen LogP contribution is -2.46. The van der Waals surface area contributed by atoms with Gasteiger partial charge in [-0.3, -0.25) is 4.90 Å². The van der Waals surface area contributed by atoms with E-state index in [0.717, 1.165) is 36.1 Å². The molecule has 0 bridgehead atoms. The average Bonchev–Trinajstić information content (AvgIpc) is 2.91. The Kier molecular flexibility index (Phi) is 5.99. The van der Waals surface area contributed by atoms with Crippen LogP contribution in [-0.2, 0) is 14.9 Å². The molecule has 4 rings (SSSR count). The van der Waals surface area contributed by atoms with Crippen molar-refractivity contribution in [3.63, 3.8) is 0 Å². The first-order valence-corrected chi connectivity index (χ1v) is 11.3. The molecule has 32 heavy (non-hydrogen) atoms. The molecule has 2 amide bonds. The topological polar surface area (TPSA) is 81.8 Å². The third-order valence-corrected chi connectivity index (χ3v) is 6.17. The Balaban J connectivity index is 1.79. The van der Waals surface area contributed by atoms with E-state index >= 15 is 0 Å². The van der Waals surface area contributed by atoms with E-state index < -0.39 is 11.4 Å². The molecule has 0 spiro atoms. The fourth-order valence-corrected chi connectivity index (χ4v) is 4.67. The van der Waals surface area contributed by atoms with Gasteiger partial charge in [-0.05, 0) is 51.6 Å². The number of urea groups is 1. The molecule has 0 radical (unpaired) electrons. The number of ether oxygens (including phenoxy) is 1. The number of aromatic amines is 1. The first-order valence-electron chi connectivity index (χ1n) is 11.3. The Bertz CT molecular complexity index is 1060. The Morgan fingerprint density at radius 3 is 2.72 bits per heavy atom. The Hall–Kier alpha value is -2.87. The third-order valence-electron chi connectivity index (χ3n) is 6.17. The summed E-state index contributed by atoms with van der Waals surface area (Å²) in [6, 6.07) is 3.83. The number of hydrogen-bond donors (Lipinski definition) is 1. The van der Waals surface area contributed by atoms with Gasteiger partial charge in [0.1, 0.15) is 5.65 Å². The van der Waals surface area contributed by atoms with E-state index in [2.05, 4.69) is 35.8 Å². The van der Waals surface area contributed by atoms with Crippen LogP contribution in [-0.4, -0.2) is 82.5 Å². The summed E-state index contributed by atoms with van der Waals surface area (Å²) in [5.74, 6) is -0.445. The molecular formula is C24H33N5O3. The first kappa shape index (κ1) is 22.3. The molecule has 8 nitrogen and oxygen atoms in total. The number of likely N-dealkylation sites (N-methyl/N-ethyl adjacent to an activating group) is 1. The highest BCUT2D eigenvalue weighted by Crippen LogP contribution is 2.40. The van der Waals surface area contributed by atoms with E-state index in [0.29, 0.717) is 30.9 Å². The normalized spacial score (nSPS) is 19.4. The van der Waals surface area contributed by atoms with Gasteiger partial charge < -0.3 is 19.5 Å². The van der Waals surface area contributed by atoms with Gasteiger partial charge >= 0.3 is 12.0 Å². The Morgan fingerprint density at radius 2 is 1.97 bits per heavy atom. The maximum absolute atomic E-state index is 13.6. The van der Waals surface area contributed by atoms with Gasteiger partial charge in [-0.1, -0.05) is 13.8 Å². The molecule has 2 aliphatic heterocycles. The van der Waals surface area contributed by atoms with E-state index in [9.17, 15) is 9.59 Å². The third kappa shape index (κ3) is 4.24. The van der Waals surface area contributed by atoms with Crippen molar-refractivity contribution in [1.29, 1.82) is 0 Å². The number of amides is 2. The Labute approximate surface area is 189 Å². The second kappa shape index (κ2) is 8.58. The minimum Gasteiger partial charge on any atom is -0.459 e. The van der Waals surface area contributed by atoms with Crippen LogP contribution >= 0.6 is 0 Å². The fraction of sp³-hybridized carbons (Fsp3) is 0.542. The van der Waals surface area contributed by atoms with Gasteiger partial charge in [-0.2, -0.15) is 0 Å². The quantitative estimate of drug-likeness (QED) is 0.727. The molecular weight excluding hydrogens is 406 g/mol. The number of esters is 1. The monoisotopic (exact) mass is 439 g/mol. The molecule has 0 aliphatic carbocycles. The molecule has 0 atom stereocenters. The number of hydrogen-bond acceptors (Lipinski definition) is 5. The molecule has 1 saturated heterocycles. The molecule has 8 heteroatoms. The number of fused-ring (bicyclic) bond motifs is 3. The summed E-state index contributed by atoms with van der Waals surface area (Å²) in [5.41, 5.74) is 2.34. The number of carbonyl (C=O) groups excluding carboxylic acids is 2. The van der Waals surface area contributed by atoms with Crippen LogP contribution in [0.2, 0.25) is 0 Å². The number of rotatable bonds is 2. The van der Waals surface area contributed by atoms with E-state index in [1.807, 2.05) is 30.9 Å². The molecule has 2 aromatic rings. The zero-order valence-corrected chi connectivity index (χ0v) is 19.6. The summed E-state index contributed by atoms with van der Waals surface area (Å²) >= 11 is 0. The Morgan fingerprint density at radius 1 is 1.19 bits per heavy atom. The van der Waals surface area contributed by atoms with Crippen LogP contribution in [0.5, 0.6) is 0 Å². The maximum atomic E-state index is 13.6. The van der Waals surface area contributed by atoms with Crippen LogP contribution < -0.4 is 0 Å². The summed E-state index contributed by atoms with van der Waals surface area (Å²) < 4.78 is 5.57. The molecule has 2 aromatic heterocycles. The van der Waals surface area contributed by atoms with Gasteiger partial charge in [-0.15, -0.1) is 0 Å². The van der Waals surface area contributed by atoms with Crippen molar-refractivity contribution >= 4 is 28.6 Å². The lowest BCUT2D eigenvalue weighted by atomic mass is 9.82. The van der Waals surface area contributed by atoms with Crippen LogP contribution in [0, 0.1) is 0 Å². The van der Waals surface area contributed by atoms with E-state index in [1.54, 1.807) is 17.3 Å². The van der Waals surface area contributed by atoms with E-state index in [1.165, 1.54) is 0 Å². The first-order chi connectivity index (χ1) is 15.2. The van der Waals surface area contributed by atoms with E-state index in [-0.39, 0.29) is 12.1 Å². The van der Waals surface area contributed by atoms with Crippen LogP contribution in [0.25, 0.3) is 16.6 Å². The van der Waals surface area contributed by atoms with Crippen molar-refractivity contribution in [3.05, 3.63) is 35.8 Å². The van der Waals surface area contributed by atoms with Crippen LogP contribution in [0.1, 0.15) is 45.4 Å². The van der Waals surface area contributed by atoms with Crippen molar-refractivity contribution in [2.75, 3.05) is 39.8 Å². The lowest BCUT2D eigenvalue weighted by molar-refractivity contribution is -0.140. The number of H-pyrrole nitrogens is 1. The van der Waals surface area contributed by atoms with Crippen molar-refractivity contribution in [2.24, 2.45) is 0 Å². The second-order valence-corrected chi connectivity index (χ2v) is 9.71. The lowest BCUT2D eigenvalue weighted by Gasteiger charge is -2.33. The molecule has 0 unspecified atom stereocenters. The minimum absolute atomic E-state index is 0.0733. The number of aromatic nitrogens is 2. The number of pyridine rings is 1. The molecule has 4 heterocycles. The summed E-state index contributed by atoms with van der Waals surface area (Å²) in [6.07, 6.45) is 4.06. The van der Waals surface area contributed by atoms with Crippen molar-refractivity contribution < 1.29 is 14.3 Å². The summed E-state index contributed by atoms with van der Waals surface area (Å²) in [4.78, 5) is 40.4. The second-order valence-electron chi connectivity index (χ2n) is 9.71. The highest BCUT2D eigenvalue weighted by Gasteiger charge is 2.38. The van der Waals surface area contributed by atoms with Gasteiger partial charge in [-0.25, -0.2) is 14.6 Å². The number of nitrogens with one attached hydrogen (secondary N) is 1. The molecule has 2 aliphatic rings. The molecule has 172 valence electrons. The van der Waals surface area contributed by atoms with Crippen LogP contribution in [0.3, 0.4) is 0 Å². The maximum Gasteiger partial charge on any atom is 0.342 e. The zero-order chi connectivity index (χ0) is 23.0. The van der Waals surface area contributed by atoms with Gasteiger partial charge in [0, 0.05) is 49.4 Å². The van der Waals surface area contributed by atoms with Crippen LogP contribution in [0.15, 0.2) is 24.5 Å². The highest BCUT2D eigenvalue weighted by atomic mass is 16.5. The fourth-order valence-electron chi connectivity index (χ4n) is 4.67. The van der Waals surface area contributed by atoms with Gasteiger partial charge in [0.05, 0.1) is 17.4 Å². The molecule has 0 saturated carbocycles. The summed E-state index contributed by atoms with van der Waals surface area (Å²) in [5, 5.41) is 0.960. The zero-order valence-electron chi connectivity index (χ0n) is 19.6. The molecule has 1 N–H and O–H groups in total. The van der Waals surface area contributed by atoms with Crippen molar-refractivity contribution in [3.8, 4) is 0 Å². The smallest absolute Gasteiger partial charge is 0.342 e. The average molecular weight is 440 g/mol.